The number of methoxy groups -OCH3 is 1. The van der Waals surface area contributed by atoms with Crippen LogP contribution >= 0.6 is 0 Å². The number of benzene rings is 2. The summed E-state index contributed by atoms with van der Waals surface area (Å²) in [5.74, 6) is -0.737. The molecule has 0 amide bonds. The third kappa shape index (κ3) is 2.65. The van der Waals surface area contributed by atoms with Gasteiger partial charge in [-0.1, -0.05) is 12.1 Å². The van der Waals surface area contributed by atoms with Crippen molar-refractivity contribution in [2.75, 3.05) is 7.11 Å². The largest absolute Gasteiger partial charge is 0.494 e. The number of halogens is 2. The van der Waals surface area contributed by atoms with Crippen molar-refractivity contribution < 1.29 is 13.5 Å². The molecule has 4 heteroatoms. The van der Waals surface area contributed by atoms with Crippen LogP contribution in [0.25, 0.3) is 0 Å². The van der Waals surface area contributed by atoms with Crippen molar-refractivity contribution in [3.05, 3.63) is 64.2 Å². The van der Waals surface area contributed by atoms with Gasteiger partial charge in [0.05, 0.1) is 13.2 Å². The summed E-state index contributed by atoms with van der Waals surface area (Å²) in [6.45, 7) is 3.61. The molecule has 0 saturated heterocycles. The Morgan fingerprint density at radius 1 is 1.05 bits per heavy atom. The Morgan fingerprint density at radius 2 is 1.75 bits per heavy atom. The maximum atomic E-state index is 14.1. The van der Waals surface area contributed by atoms with E-state index in [-0.39, 0.29) is 11.6 Å². The summed E-state index contributed by atoms with van der Waals surface area (Å²) in [4.78, 5) is 0. The number of nitrogens with two attached hydrogens (primary N) is 1. The smallest absolute Gasteiger partial charge is 0.165 e. The van der Waals surface area contributed by atoms with Crippen molar-refractivity contribution in [2.24, 2.45) is 5.73 Å². The zero-order chi connectivity index (χ0) is 14.9. The molecule has 0 radical (unpaired) electrons. The van der Waals surface area contributed by atoms with Crippen molar-refractivity contribution in [2.45, 2.75) is 19.9 Å². The average Bonchev–Trinajstić information content (AvgIpc) is 2.37. The molecule has 2 rings (SSSR count). The highest BCUT2D eigenvalue weighted by atomic mass is 19.1. The fourth-order valence-corrected chi connectivity index (χ4v) is 2.36. The van der Waals surface area contributed by atoms with Gasteiger partial charge in [0.1, 0.15) is 5.82 Å². The lowest BCUT2D eigenvalue weighted by atomic mass is 9.94. The highest BCUT2D eigenvalue weighted by Gasteiger charge is 2.18. The number of rotatable bonds is 3. The van der Waals surface area contributed by atoms with Crippen LogP contribution in [0.2, 0.25) is 0 Å². The molecule has 1 unspecified atom stereocenters. The van der Waals surface area contributed by atoms with Crippen LogP contribution in [-0.4, -0.2) is 7.11 Å². The van der Waals surface area contributed by atoms with Crippen LogP contribution in [0.15, 0.2) is 30.3 Å². The predicted octanol–water partition coefficient (Wildman–Crippen LogP) is 3.64. The second kappa shape index (κ2) is 5.59. The van der Waals surface area contributed by atoms with Gasteiger partial charge in [0.25, 0.3) is 0 Å². The summed E-state index contributed by atoms with van der Waals surface area (Å²) in [5.41, 5.74) is 8.56. The van der Waals surface area contributed by atoms with E-state index in [0.717, 1.165) is 11.1 Å². The quantitative estimate of drug-likeness (QED) is 0.929. The van der Waals surface area contributed by atoms with Crippen LogP contribution in [0.4, 0.5) is 8.78 Å². The molecule has 2 nitrogen and oxygen atoms in total. The van der Waals surface area contributed by atoms with E-state index in [1.54, 1.807) is 13.0 Å². The second-order valence-electron chi connectivity index (χ2n) is 4.85. The Bertz CT molecular complexity index is 617. The van der Waals surface area contributed by atoms with Crippen molar-refractivity contribution in [1.29, 1.82) is 0 Å². The minimum atomic E-state index is -0.712. The Morgan fingerprint density at radius 3 is 2.30 bits per heavy atom. The van der Waals surface area contributed by atoms with Crippen molar-refractivity contribution >= 4 is 0 Å². The van der Waals surface area contributed by atoms with Gasteiger partial charge >= 0.3 is 0 Å². The van der Waals surface area contributed by atoms with E-state index in [9.17, 15) is 8.78 Å². The normalized spacial score (nSPS) is 12.3. The lowest BCUT2D eigenvalue weighted by Crippen LogP contribution is -2.15. The van der Waals surface area contributed by atoms with Crippen molar-refractivity contribution in [3.8, 4) is 5.75 Å². The number of hydrogen-bond acceptors (Lipinski definition) is 2. The molecule has 0 saturated carbocycles. The number of aryl methyl sites for hydroxylation is 2. The third-order valence-electron chi connectivity index (χ3n) is 3.33. The van der Waals surface area contributed by atoms with E-state index < -0.39 is 11.9 Å². The SMILES string of the molecule is COc1ccc(C(N)c2c(C)cc(C)cc2F)cc1F. The molecule has 0 heterocycles. The monoisotopic (exact) mass is 277 g/mol. The lowest BCUT2D eigenvalue weighted by molar-refractivity contribution is 0.386. The molecule has 0 aromatic heterocycles. The van der Waals surface area contributed by atoms with Gasteiger partial charge in [0, 0.05) is 5.56 Å². The Kier molecular flexibility index (Phi) is 4.04. The van der Waals surface area contributed by atoms with E-state index >= 15 is 0 Å². The Labute approximate surface area is 117 Å². The molecule has 0 fully saturated rings. The van der Waals surface area contributed by atoms with Gasteiger partial charge in [-0.25, -0.2) is 8.78 Å². The first-order valence-electron chi connectivity index (χ1n) is 6.29. The molecule has 20 heavy (non-hydrogen) atoms. The molecule has 106 valence electrons. The average molecular weight is 277 g/mol. The van der Waals surface area contributed by atoms with E-state index in [0.29, 0.717) is 11.1 Å². The summed E-state index contributed by atoms with van der Waals surface area (Å²) in [6, 6.07) is 7.00. The van der Waals surface area contributed by atoms with E-state index in [4.69, 9.17) is 10.5 Å². The maximum Gasteiger partial charge on any atom is 0.165 e. The lowest BCUT2D eigenvalue weighted by Gasteiger charge is -2.17. The van der Waals surface area contributed by atoms with Crippen LogP contribution in [0.3, 0.4) is 0 Å². The highest BCUT2D eigenvalue weighted by molar-refractivity contribution is 5.41. The molecule has 0 aliphatic rings. The molecule has 2 N–H and O–H groups in total. The predicted molar refractivity (Wildman–Crippen MR) is 74.9 cm³/mol. The fourth-order valence-electron chi connectivity index (χ4n) is 2.36. The second-order valence-corrected chi connectivity index (χ2v) is 4.85. The van der Waals surface area contributed by atoms with Crippen LogP contribution in [-0.2, 0) is 0 Å². The summed E-state index contributed by atoms with van der Waals surface area (Å²) in [5, 5.41) is 0. The Balaban J connectivity index is 2.46. The molecule has 0 spiro atoms. The molecule has 0 aliphatic heterocycles. The van der Waals surface area contributed by atoms with Crippen molar-refractivity contribution in [1.82, 2.24) is 0 Å². The third-order valence-corrected chi connectivity index (χ3v) is 3.33. The van der Waals surface area contributed by atoms with Crippen LogP contribution < -0.4 is 10.5 Å². The van der Waals surface area contributed by atoms with E-state index in [1.807, 2.05) is 13.0 Å². The molecular weight excluding hydrogens is 260 g/mol. The van der Waals surface area contributed by atoms with Gasteiger partial charge < -0.3 is 10.5 Å². The molecule has 2 aromatic rings. The molecule has 0 bridgehead atoms. The fraction of sp³-hybridized carbons (Fsp3) is 0.250. The van der Waals surface area contributed by atoms with Crippen LogP contribution in [0, 0.1) is 25.5 Å². The topological polar surface area (TPSA) is 35.2 Å². The summed E-state index contributed by atoms with van der Waals surface area (Å²) in [7, 11) is 1.39. The maximum absolute atomic E-state index is 14.1. The first kappa shape index (κ1) is 14.5. The van der Waals surface area contributed by atoms with Gasteiger partial charge in [0.2, 0.25) is 0 Å². The van der Waals surface area contributed by atoms with Crippen molar-refractivity contribution in [3.63, 3.8) is 0 Å². The molecular formula is C16H17F2NO. The molecule has 1 atom stereocenters. The first-order chi connectivity index (χ1) is 9.43. The summed E-state index contributed by atoms with van der Waals surface area (Å²) in [6.07, 6.45) is 0. The van der Waals surface area contributed by atoms with Gasteiger partial charge in [0.15, 0.2) is 11.6 Å². The number of ether oxygens (including phenoxy) is 1. The van der Waals surface area contributed by atoms with Gasteiger partial charge in [-0.2, -0.15) is 0 Å². The zero-order valence-electron chi connectivity index (χ0n) is 11.7. The van der Waals surface area contributed by atoms with Gasteiger partial charge in [-0.3, -0.25) is 0 Å². The minimum Gasteiger partial charge on any atom is -0.494 e. The van der Waals surface area contributed by atoms with Crippen LogP contribution in [0.1, 0.15) is 28.3 Å². The molecule has 2 aromatic carbocycles. The Hall–Kier alpha value is -1.94. The zero-order valence-corrected chi connectivity index (χ0v) is 11.7. The first-order valence-corrected chi connectivity index (χ1v) is 6.29. The molecule has 0 aliphatic carbocycles. The van der Waals surface area contributed by atoms with Gasteiger partial charge in [-0.15, -0.1) is 0 Å². The highest BCUT2D eigenvalue weighted by Crippen LogP contribution is 2.28. The van der Waals surface area contributed by atoms with E-state index in [2.05, 4.69) is 0 Å². The van der Waals surface area contributed by atoms with E-state index in [1.165, 1.54) is 25.3 Å². The number of hydrogen-bond donors (Lipinski definition) is 1. The summed E-state index contributed by atoms with van der Waals surface area (Å²) >= 11 is 0. The summed E-state index contributed by atoms with van der Waals surface area (Å²) < 4.78 is 32.7. The standard InChI is InChI=1S/C16H17F2NO/c1-9-6-10(2)15(13(18)7-9)16(19)11-4-5-14(20-3)12(17)8-11/h4-8,16H,19H2,1-3H3. The minimum absolute atomic E-state index is 0.141. The van der Waals surface area contributed by atoms with Crippen LogP contribution in [0.5, 0.6) is 5.75 Å². The van der Waals surface area contributed by atoms with Gasteiger partial charge in [-0.05, 0) is 48.7 Å².